The number of hydrogen-bond donors (Lipinski definition) is 3. The molecule has 1 rings (SSSR count). The maximum absolute atomic E-state index is 12.0. The highest BCUT2D eigenvalue weighted by Gasteiger charge is 2.24. The molecule has 1 aromatic carbocycles. The molecule has 0 aromatic heterocycles. The van der Waals surface area contributed by atoms with Crippen LogP contribution in [0.4, 0.5) is 10.5 Å². The minimum atomic E-state index is -0.547. The van der Waals surface area contributed by atoms with E-state index < -0.39 is 18.0 Å². The maximum atomic E-state index is 12.0. The van der Waals surface area contributed by atoms with Gasteiger partial charge in [-0.25, -0.2) is 4.79 Å². The Labute approximate surface area is 125 Å². The lowest BCUT2D eigenvalue weighted by Gasteiger charge is -2.27. The van der Waals surface area contributed by atoms with Crippen molar-refractivity contribution < 1.29 is 9.59 Å². The van der Waals surface area contributed by atoms with E-state index in [1.807, 2.05) is 27.7 Å². The van der Waals surface area contributed by atoms with Gasteiger partial charge in [0, 0.05) is 11.3 Å². The van der Waals surface area contributed by atoms with Gasteiger partial charge in [0.1, 0.15) is 0 Å². The van der Waals surface area contributed by atoms with Crippen molar-refractivity contribution in [2.75, 3.05) is 5.32 Å². The molecular weight excluding hydrogens is 266 g/mol. The van der Waals surface area contributed by atoms with Gasteiger partial charge in [-0.3, -0.25) is 4.79 Å². The zero-order valence-electron chi connectivity index (χ0n) is 12.8. The van der Waals surface area contributed by atoms with Crippen molar-refractivity contribution in [2.24, 2.45) is 11.1 Å². The number of nitrogens with two attached hydrogens (primary N) is 1. The molecule has 5 heteroatoms. The summed E-state index contributed by atoms with van der Waals surface area (Å²) in [4.78, 5) is 23.2. The van der Waals surface area contributed by atoms with Crippen LogP contribution in [0, 0.1) is 24.7 Å². The summed E-state index contributed by atoms with van der Waals surface area (Å²) in [7, 11) is 0. The maximum Gasteiger partial charge on any atom is 0.320 e. The standard InChI is InChI=1S/C16H21N3O2/c1-6-13(16(3,4)5)19-15(21)18-12-9-11(14(17)20)8-7-10(12)2/h1,7-9,13H,2-5H3,(H2,17,20)(H2,18,19,21). The first-order valence-electron chi connectivity index (χ1n) is 6.59. The fourth-order valence-electron chi connectivity index (χ4n) is 1.71. The lowest BCUT2D eigenvalue weighted by atomic mass is 9.87. The molecule has 0 fully saturated rings. The van der Waals surface area contributed by atoms with Gasteiger partial charge >= 0.3 is 6.03 Å². The molecule has 1 aromatic rings. The van der Waals surface area contributed by atoms with Crippen LogP contribution in [0.2, 0.25) is 0 Å². The molecule has 5 nitrogen and oxygen atoms in total. The summed E-state index contributed by atoms with van der Waals surface area (Å²) >= 11 is 0. The molecule has 0 heterocycles. The highest BCUT2D eigenvalue weighted by atomic mass is 16.2. The van der Waals surface area contributed by atoms with E-state index >= 15 is 0 Å². The molecule has 0 aliphatic carbocycles. The van der Waals surface area contributed by atoms with Crippen LogP contribution in [0.25, 0.3) is 0 Å². The minimum absolute atomic E-state index is 0.254. The topological polar surface area (TPSA) is 84.2 Å². The Morgan fingerprint density at radius 3 is 2.43 bits per heavy atom. The Bertz CT molecular complexity index is 595. The number of nitrogens with one attached hydrogen (secondary N) is 2. The number of urea groups is 1. The predicted molar refractivity (Wildman–Crippen MR) is 83.9 cm³/mol. The molecule has 0 radical (unpaired) electrons. The van der Waals surface area contributed by atoms with Gasteiger partial charge in [0.25, 0.3) is 0 Å². The Kier molecular flexibility index (Phi) is 4.98. The van der Waals surface area contributed by atoms with Gasteiger partial charge in [-0.15, -0.1) is 6.42 Å². The lowest BCUT2D eigenvalue weighted by molar-refractivity contribution is 0.100. The largest absolute Gasteiger partial charge is 0.366 e. The average molecular weight is 287 g/mol. The Balaban J connectivity index is 2.87. The van der Waals surface area contributed by atoms with Crippen LogP contribution < -0.4 is 16.4 Å². The molecule has 1 unspecified atom stereocenters. The van der Waals surface area contributed by atoms with Crippen molar-refractivity contribution in [3.8, 4) is 12.3 Å². The van der Waals surface area contributed by atoms with Crippen LogP contribution >= 0.6 is 0 Å². The van der Waals surface area contributed by atoms with E-state index in [1.165, 1.54) is 0 Å². The third kappa shape index (κ3) is 4.53. The van der Waals surface area contributed by atoms with Crippen molar-refractivity contribution in [3.63, 3.8) is 0 Å². The summed E-state index contributed by atoms with van der Waals surface area (Å²) in [5.74, 6) is 2.01. The highest BCUT2D eigenvalue weighted by Crippen LogP contribution is 2.20. The first kappa shape index (κ1) is 16.6. The van der Waals surface area contributed by atoms with Crippen molar-refractivity contribution in [1.29, 1.82) is 0 Å². The first-order valence-corrected chi connectivity index (χ1v) is 6.59. The molecule has 112 valence electrons. The van der Waals surface area contributed by atoms with Gasteiger partial charge in [0.05, 0.1) is 6.04 Å². The molecule has 0 spiro atoms. The summed E-state index contributed by atoms with van der Waals surface area (Å²) in [6.45, 7) is 7.65. The van der Waals surface area contributed by atoms with Gasteiger partial charge in [-0.05, 0) is 30.0 Å². The van der Waals surface area contributed by atoms with Crippen LogP contribution in [-0.2, 0) is 0 Å². The number of primary amides is 1. The molecule has 0 saturated heterocycles. The van der Waals surface area contributed by atoms with Crippen molar-refractivity contribution in [2.45, 2.75) is 33.7 Å². The van der Waals surface area contributed by atoms with Crippen LogP contribution in [0.1, 0.15) is 36.7 Å². The van der Waals surface area contributed by atoms with E-state index in [0.717, 1.165) is 5.56 Å². The van der Waals surface area contributed by atoms with Gasteiger partial charge in [-0.1, -0.05) is 32.8 Å². The summed E-state index contributed by atoms with van der Waals surface area (Å²) in [5, 5.41) is 5.42. The third-order valence-corrected chi connectivity index (χ3v) is 3.08. The zero-order chi connectivity index (χ0) is 16.2. The SMILES string of the molecule is C#CC(NC(=O)Nc1cc(C(N)=O)ccc1C)C(C)(C)C. The quantitative estimate of drug-likeness (QED) is 0.745. The van der Waals surface area contributed by atoms with Gasteiger partial charge < -0.3 is 16.4 Å². The molecular formula is C16H21N3O2. The fourth-order valence-corrected chi connectivity index (χ4v) is 1.71. The van der Waals surface area contributed by atoms with E-state index in [0.29, 0.717) is 11.3 Å². The number of carbonyl (C=O) groups is 2. The second-order valence-corrected chi connectivity index (χ2v) is 5.96. The van der Waals surface area contributed by atoms with Gasteiger partial charge in [0.2, 0.25) is 5.91 Å². The molecule has 0 saturated carbocycles. The highest BCUT2D eigenvalue weighted by molar-refractivity contribution is 5.96. The number of benzene rings is 1. The van der Waals surface area contributed by atoms with Crippen molar-refractivity contribution >= 4 is 17.6 Å². The number of carbonyl (C=O) groups excluding carboxylic acids is 2. The third-order valence-electron chi connectivity index (χ3n) is 3.08. The van der Waals surface area contributed by atoms with Crippen molar-refractivity contribution in [3.05, 3.63) is 29.3 Å². The second-order valence-electron chi connectivity index (χ2n) is 5.96. The molecule has 4 N–H and O–H groups in total. The fraction of sp³-hybridized carbons (Fsp3) is 0.375. The predicted octanol–water partition coefficient (Wildman–Crippen LogP) is 2.26. The normalized spacial score (nSPS) is 12.1. The monoisotopic (exact) mass is 287 g/mol. The van der Waals surface area contributed by atoms with Crippen LogP contribution in [0.3, 0.4) is 0 Å². The minimum Gasteiger partial charge on any atom is -0.366 e. The summed E-state index contributed by atoms with van der Waals surface area (Å²) < 4.78 is 0. The zero-order valence-corrected chi connectivity index (χ0v) is 12.8. The second kappa shape index (κ2) is 6.31. The number of anilines is 1. The van der Waals surface area contributed by atoms with Crippen LogP contribution in [0.5, 0.6) is 0 Å². The number of aryl methyl sites for hydroxylation is 1. The van der Waals surface area contributed by atoms with E-state index in [4.69, 9.17) is 12.2 Å². The van der Waals surface area contributed by atoms with Gasteiger partial charge in [0.15, 0.2) is 0 Å². The van der Waals surface area contributed by atoms with Gasteiger partial charge in [-0.2, -0.15) is 0 Å². The molecule has 21 heavy (non-hydrogen) atoms. The Hall–Kier alpha value is -2.48. The smallest absolute Gasteiger partial charge is 0.320 e. The average Bonchev–Trinajstić information content (AvgIpc) is 2.36. The Morgan fingerprint density at radius 2 is 1.95 bits per heavy atom. The summed E-state index contributed by atoms with van der Waals surface area (Å²) in [6, 6.07) is 4.05. The van der Waals surface area contributed by atoms with E-state index in [1.54, 1.807) is 18.2 Å². The number of rotatable bonds is 3. The van der Waals surface area contributed by atoms with Crippen LogP contribution in [0.15, 0.2) is 18.2 Å². The lowest BCUT2D eigenvalue weighted by Crippen LogP contribution is -2.44. The first-order chi connectivity index (χ1) is 9.65. The number of hydrogen-bond acceptors (Lipinski definition) is 2. The Morgan fingerprint density at radius 1 is 1.33 bits per heavy atom. The van der Waals surface area contributed by atoms with Crippen molar-refractivity contribution in [1.82, 2.24) is 5.32 Å². The van der Waals surface area contributed by atoms with E-state index in [9.17, 15) is 9.59 Å². The number of amides is 3. The summed E-state index contributed by atoms with van der Waals surface area (Å²) in [6.07, 6.45) is 5.44. The summed E-state index contributed by atoms with van der Waals surface area (Å²) in [5.41, 5.74) is 6.65. The molecule has 3 amide bonds. The van der Waals surface area contributed by atoms with E-state index in [2.05, 4.69) is 16.6 Å². The van der Waals surface area contributed by atoms with E-state index in [-0.39, 0.29) is 5.41 Å². The molecule has 0 aliphatic heterocycles. The van der Waals surface area contributed by atoms with Crippen LogP contribution in [-0.4, -0.2) is 18.0 Å². The molecule has 0 aliphatic rings. The molecule has 0 bridgehead atoms. The number of terminal acetylenes is 1. The molecule has 1 atom stereocenters.